The Kier molecular flexibility index (Phi) is 4.80. The fraction of sp³-hybridized carbons (Fsp3) is 0.278. The number of H-pyrrole nitrogens is 1. The van der Waals surface area contributed by atoms with Crippen LogP contribution in [0.25, 0.3) is 11.0 Å². The second-order valence-corrected chi connectivity index (χ2v) is 7.39. The second kappa shape index (κ2) is 7.25. The maximum Gasteiger partial charge on any atom is 0.242 e. The Morgan fingerprint density at radius 3 is 2.78 bits per heavy atom. The molecule has 1 aliphatic heterocycles. The van der Waals surface area contributed by atoms with Crippen LogP contribution in [0.15, 0.2) is 36.8 Å². The number of benzene rings is 1. The van der Waals surface area contributed by atoms with Gasteiger partial charge in [0.15, 0.2) is 0 Å². The van der Waals surface area contributed by atoms with Crippen molar-refractivity contribution in [2.45, 2.75) is 6.04 Å². The molecule has 1 amide bonds. The van der Waals surface area contributed by atoms with Crippen LogP contribution in [0.4, 0.5) is 11.5 Å². The van der Waals surface area contributed by atoms with Gasteiger partial charge in [0, 0.05) is 42.1 Å². The lowest BCUT2D eigenvalue weighted by atomic mass is 10.1. The van der Waals surface area contributed by atoms with E-state index in [9.17, 15) is 4.79 Å². The van der Waals surface area contributed by atoms with Gasteiger partial charge in [-0.2, -0.15) is 0 Å². The van der Waals surface area contributed by atoms with Gasteiger partial charge in [0.25, 0.3) is 0 Å². The summed E-state index contributed by atoms with van der Waals surface area (Å²) in [6, 6.07) is 7.32. The van der Waals surface area contributed by atoms with Gasteiger partial charge in [-0.05, 0) is 24.3 Å². The molecule has 7 nitrogen and oxygen atoms in total. The molecule has 4 rings (SSSR count). The van der Waals surface area contributed by atoms with E-state index < -0.39 is 0 Å². The van der Waals surface area contributed by atoms with Crippen molar-refractivity contribution in [3.8, 4) is 0 Å². The fourth-order valence-corrected chi connectivity index (χ4v) is 3.69. The number of likely N-dealkylation sites (N-methyl/N-ethyl adjacent to an activating group) is 1. The molecule has 1 aliphatic rings. The molecule has 0 unspecified atom stereocenters. The number of anilines is 2. The number of likely N-dealkylation sites (tertiary alicyclic amines) is 1. The molecule has 27 heavy (non-hydrogen) atoms. The number of aromatic nitrogens is 3. The quantitative estimate of drug-likeness (QED) is 0.683. The number of carbonyl (C=O) groups is 1. The summed E-state index contributed by atoms with van der Waals surface area (Å²) in [4.78, 5) is 28.0. The highest BCUT2D eigenvalue weighted by atomic mass is 35.5. The standard InChI is InChI=1S/C18H18Cl2N6O/c1-25(18-15-2-3-21-17(15)23-10-24-18)14-8-26(9-14)16(27)7-22-13-5-11(19)4-12(20)6-13/h2-6,10,14,22H,7-9H2,1H3,(H,21,23,24). The van der Waals surface area contributed by atoms with Gasteiger partial charge >= 0.3 is 0 Å². The van der Waals surface area contributed by atoms with E-state index in [0.717, 1.165) is 22.5 Å². The largest absolute Gasteiger partial charge is 0.376 e. The molecule has 0 aliphatic carbocycles. The van der Waals surface area contributed by atoms with Crippen molar-refractivity contribution < 1.29 is 4.79 Å². The average Bonchev–Trinajstić information content (AvgIpc) is 3.06. The SMILES string of the molecule is CN(c1ncnc2[nH]ccc12)C1CN(C(=O)CNc2cc(Cl)cc(Cl)c2)C1. The normalized spacial score (nSPS) is 14.3. The predicted molar refractivity (Wildman–Crippen MR) is 108 cm³/mol. The Morgan fingerprint density at radius 2 is 2.04 bits per heavy atom. The zero-order valence-electron chi connectivity index (χ0n) is 14.6. The van der Waals surface area contributed by atoms with Crippen LogP contribution in [-0.4, -0.2) is 58.5 Å². The molecule has 3 heterocycles. The van der Waals surface area contributed by atoms with E-state index in [-0.39, 0.29) is 18.5 Å². The lowest BCUT2D eigenvalue weighted by Crippen LogP contribution is -2.61. The molecule has 0 saturated carbocycles. The number of nitrogens with zero attached hydrogens (tertiary/aromatic N) is 4. The van der Waals surface area contributed by atoms with Crippen LogP contribution in [0.1, 0.15) is 0 Å². The minimum Gasteiger partial charge on any atom is -0.376 e. The molecule has 2 aromatic heterocycles. The van der Waals surface area contributed by atoms with Gasteiger partial charge in [0.2, 0.25) is 5.91 Å². The summed E-state index contributed by atoms with van der Waals surface area (Å²) in [5.74, 6) is 0.898. The number of aromatic amines is 1. The number of carbonyl (C=O) groups excluding carboxylic acids is 1. The Bertz CT molecular complexity index is 965. The summed E-state index contributed by atoms with van der Waals surface area (Å²) < 4.78 is 0. The zero-order chi connectivity index (χ0) is 19.0. The van der Waals surface area contributed by atoms with E-state index in [1.165, 1.54) is 0 Å². The monoisotopic (exact) mass is 404 g/mol. The Balaban J connectivity index is 1.33. The molecule has 1 saturated heterocycles. The van der Waals surface area contributed by atoms with Gasteiger partial charge in [0.1, 0.15) is 17.8 Å². The third-order valence-corrected chi connectivity index (χ3v) is 5.17. The highest BCUT2D eigenvalue weighted by Gasteiger charge is 2.34. The first kappa shape index (κ1) is 17.9. The van der Waals surface area contributed by atoms with Crippen molar-refractivity contribution >= 4 is 51.6 Å². The van der Waals surface area contributed by atoms with Crippen LogP contribution < -0.4 is 10.2 Å². The number of hydrogen-bond donors (Lipinski definition) is 2. The van der Waals surface area contributed by atoms with Gasteiger partial charge in [-0.15, -0.1) is 0 Å². The van der Waals surface area contributed by atoms with Crippen molar-refractivity contribution in [2.24, 2.45) is 0 Å². The van der Waals surface area contributed by atoms with Crippen LogP contribution in [0.2, 0.25) is 10.0 Å². The van der Waals surface area contributed by atoms with Gasteiger partial charge in [-0.25, -0.2) is 9.97 Å². The summed E-state index contributed by atoms with van der Waals surface area (Å²) in [6.07, 6.45) is 3.40. The first-order valence-corrected chi connectivity index (χ1v) is 9.25. The molecule has 140 valence electrons. The molecule has 3 aromatic rings. The molecule has 0 atom stereocenters. The number of hydrogen-bond acceptors (Lipinski definition) is 5. The molecule has 9 heteroatoms. The third kappa shape index (κ3) is 3.65. The first-order valence-electron chi connectivity index (χ1n) is 8.50. The molecular formula is C18H18Cl2N6O. The summed E-state index contributed by atoms with van der Waals surface area (Å²) >= 11 is 11.9. The van der Waals surface area contributed by atoms with E-state index in [0.29, 0.717) is 23.1 Å². The summed E-state index contributed by atoms with van der Waals surface area (Å²) in [6.45, 7) is 1.51. The topological polar surface area (TPSA) is 77.2 Å². The van der Waals surface area contributed by atoms with Crippen molar-refractivity contribution in [1.82, 2.24) is 19.9 Å². The van der Waals surface area contributed by atoms with Crippen LogP contribution in [0, 0.1) is 0 Å². The van der Waals surface area contributed by atoms with Gasteiger partial charge < -0.3 is 20.1 Å². The number of fused-ring (bicyclic) bond motifs is 1. The third-order valence-electron chi connectivity index (χ3n) is 4.74. The maximum absolute atomic E-state index is 12.4. The first-order chi connectivity index (χ1) is 13.0. The van der Waals surface area contributed by atoms with Crippen molar-refractivity contribution in [3.63, 3.8) is 0 Å². The second-order valence-electron chi connectivity index (χ2n) is 6.51. The van der Waals surface area contributed by atoms with Crippen molar-refractivity contribution in [3.05, 3.63) is 46.8 Å². The lowest BCUT2D eigenvalue weighted by Gasteiger charge is -2.44. The highest BCUT2D eigenvalue weighted by molar-refractivity contribution is 6.35. The van der Waals surface area contributed by atoms with E-state index >= 15 is 0 Å². The smallest absolute Gasteiger partial charge is 0.242 e. The number of rotatable bonds is 5. The Hall–Kier alpha value is -2.51. The van der Waals surface area contributed by atoms with Gasteiger partial charge in [0.05, 0.1) is 18.0 Å². The summed E-state index contributed by atoms with van der Waals surface area (Å²) in [5, 5.41) is 5.11. The van der Waals surface area contributed by atoms with Crippen molar-refractivity contribution in [2.75, 3.05) is 36.9 Å². The van der Waals surface area contributed by atoms with Gasteiger partial charge in [-0.1, -0.05) is 23.2 Å². The van der Waals surface area contributed by atoms with E-state index in [4.69, 9.17) is 23.2 Å². The highest BCUT2D eigenvalue weighted by Crippen LogP contribution is 2.26. The van der Waals surface area contributed by atoms with Crippen LogP contribution in [0.5, 0.6) is 0 Å². The minimum atomic E-state index is 0.0326. The minimum absolute atomic E-state index is 0.0326. The molecule has 2 N–H and O–H groups in total. The number of nitrogens with one attached hydrogen (secondary N) is 2. The molecular weight excluding hydrogens is 387 g/mol. The van der Waals surface area contributed by atoms with E-state index in [2.05, 4.69) is 25.2 Å². The Labute approximate surface area is 166 Å². The molecule has 1 aromatic carbocycles. The van der Waals surface area contributed by atoms with Crippen LogP contribution in [0.3, 0.4) is 0 Å². The molecule has 0 bridgehead atoms. The fourth-order valence-electron chi connectivity index (χ4n) is 3.16. The zero-order valence-corrected chi connectivity index (χ0v) is 16.1. The molecule has 0 spiro atoms. The van der Waals surface area contributed by atoms with Gasteiger partial charge in [-0.3, -0.25) is 4.79 Å². The number of amides is 1. The van der Waals surface area contributed by atoms with E-state index in [1.54, 1.807) is 24.5 Å². The van der Waals surface area contributed by atoms with E-state index in [1.807, 2.05) is 24.2 Å². The molecule has 0 radical (unpaired) electrons. The van der Waals surface area contributed by atoms with Crippen LogP contribution in [-0.2, 0) is 4.79 Å². The molecule has 1 fully saturated rings. The van der Waals surface area contributed by atoms with Crippen LogP contribution >= 0.6 is 23.2 Å². The number of halogens is 2. The summed E-state index contributed by atoms with van der Waals surface area (Å²) in [7, 11) is 1.99. The Morgan fingerprint density at radius 1 is 1.30 bits per heavy atom. The summed E-state index contributed by atoms with van der Waals surface area (Å²) in [5.41, 5.74) is 1.54. The predicted octanol–water partition coefficient (Wildman–Crippen LogP) is 3.02. The lowest BCUT2D eigenvalue weighted by molar-refractivity contribution is -0.133. The maximum atomic E-state index is 12.4. The van der Waals surface area contributed by atoms with Crippen molar-refractivity contribution in [1.29, 1.82) is 0 Å². The average molecular weight is 405 g/mol.